The van der Waals surface area contributed by atoms with Crippen molar-refractivity contribution in [1.82, 2.24) is 9.80 Å². The SMILES string of the molecule is Cc1ccccc1CN(C)C(=O)COC(=O)CN1C(=O)Cc2ccccc2C1=O. The molecule has 3 amide bonds. The largest absolute Gasteiger partial charge is 0.454 e. The molecule has 0 saturated heterocycles. The van der Waals surface area contributed by atoms with E-state index in [4.69, 9.17) is 4.74 Å². The number of aryl methyl sites for hydroxylation is 1. The molecule has 1 aliphatic heterocycles. The van der Waals surface area contributed by atoms with E-state index in [9.17, 15) is 19.2 Å². The summed E-state index contributed by atoms with van der Waals surface area (Å²) in [6.07, 6.45) is 0.0489. The summed E-state index contributed by atoms with van der Waals surface area (Å²) in [5.74, 6) is -2.17. The third-order valence-corrected chi connectivity index (χ3v) is 4.87. The monoisotopic (exact) mass is 394 g/mol. The maximum atomic E-state index is 12.5. The van der Waals surface area contributed by atoms with Gasteiger partial charge >= 0.3 is 5.97 Å². The van der Waals surface area contributed by atoms with Crippen molar-refractivity contribution in [2.45, 2.75) is 19.9 Å². The Morgan fingerprint density at radius 1 is 1.07 bits per heavy atom. The molecule has 0 radical (unpaired) electrons. The Hall–Kier alpha value is -3.48. The van der Waals surface area contributed by atoms with Gasteiger partial charge in [0.15, 0.2) is 6.61 Å². The number of fused-ring (bicyclic) bond motifs is 1. The average molecular weight is 394 g/mol. The normalized spacial score (nSPS) is 13.1. The zero-order valence-corrected chi connectivity index (χ0v) is 16.4. The number of carbonyl (C=O) groups excluding carboxylic acids is 4. The van der Waals surface area contributed by atoms with Crippen molar-refractivity contribution in [1.29, 1.82) is 0 Å². The van der Waals surface area contributed by atoms with Gasteiger partial charge in [-0.2, -0.15) is 0 Å². The highest BCUT2D eigenvalue weighted by atomic mass is 16.5. The van der Waals surface area contributed by atoms with Gasteiger partial charge in [-0.1, -0.05) is 42.5 Å². The quantitative estimate of drug-likeness (QED) is 0.550. The Morgan fingerprint density at radius 2 is 1.76 bits per heavy atom. The summed E-state index contributed by atoms with van der Waals surface area (Å²) in [5, 5.41) is 0. The zero-order chi connectivity index (χ0) is 21.0. The van der Waals surface area contributed by atoms with Crippen LogP contribution in [-0.2, 0) is 32.1 Å². The number of carbonyl (C=O) groups is 4. The number of ether oxygens (including phenoxy) is 1. The van der Waals surface area contributed by atoms with Crippen LogP contribution < -0.4 is 0 Å². The van der Waals surface area contributed by atoms with Gasteiger partial charge in [0.2, 0.25) is 5.91 Å². The van der Waals surface area contributed by atoms with E-state index in [1.165, 1.54) is 4.90 Å². The van der Waals surface area contributed by atoms with E-state index in [0.29, 0.717) is 17.7 Å². The summed E-state index contributed by atoms with van der Waals surface area (Å²) in [6.45, 7) is 1.39. The molecule has 0 unspecified atom stereocenters. The van der Waals surface area contributed by atoms with E-state index in [-0.39, 0.29) is 12.3 Å². The van der Waals surface area contributed by atoms with Crippen molar-refractivity contribution in [2.75, 3.05) is 20.2 Å². The van der Waals surface area contributed by atoms with Crippen molar-refractivity contribution < 1.29 is 23.9 Å². The molecule has 7 nitrogen and oxygen atoms in total. The second-order valence-corrected chi connectivity index (χ2v) is 6.96. The fourth-order valence-electron chi connectivity index (χ4n) is 3.12. The second kappa shape index (κ2) is 8.68. The molecule has 0 aromatic heterocycles. The molecule has 0 bridgehead atoms. The molecule has 0 atom stereocenters. The van der Waals surface area contributed by atoms with Crippen molar-refractivity contribution in [2.24, 2.45) is 0 Å². The number of nitrogens with zero attached hydrogens (tertiary/aromatic N) is 2. The number of esters is 1. The van der Waals surface area contributed by atoms with Crippen LogP contribution in [0.2, 0.25) is 0 Å². The van der Waals surface area contributed by atoms with Gasteiger partial charge in [0.05, 0.1) is 6.42 Å². The highest BCUT2D eigenvalue weighted by molar-refractivity contribution is 6.11. The van der Waals surface area contributed by atoms with Crippen molar-refractivity contribution in [3.8, 4) is 0 Å². The number of likely N-dealkylation sites (N-methyl/N-ethyl adjacent to an activating group) is 1. The number of imide groups is 1. The molecule has 0 N–H and O–H groups in total. The van der Waals surface area contributed by atoms with Gasteiger partial charge in [0.1, 0.15) is 6.54 Å². The minimum Gasteiger partial charge on any atom is -0.454 e. The van der Waals surface area contributed by atoms with Crippen molar-refractivity contribution >= 4 is 23.7 Å². The molecule has 1 heterocycles. The predicted molar refractivity (Wildman–Crippen MR) is 105 cm³/mol. The van der Waals surface area contributed by atoms with E-state index in [2.05, 4.69) is 0 Å². The standard InChI is InChI=1S/C22H22N2O5/c1-15-7-3-4-9-17(15)12-23(2)20(26)14-29-21(27)13-24-19(25)11-16-8-5-6-10-18(16)22(24)28/h3-10H,11-14H2,1-2H3. The molecular weight excluding hydrogens is 372 g/mol. The lowest BCUT2D eigenvalue weighted by molar-refractivity contribution is -0.153. The van der Waals surface area contributed by atoms with Gasteiger partial charge in [0.25, 0.3) is 11.8 Å². The Balaban J connectivity index is 1.53. The molecular formula is C22H22N2O5. The summed E-state index contributed by atoms with van der Waals surface area (Å²) in [7, 11) is 1.62. The molecule has 0 saturated carbocycles. The lowest BCUT2D eigenvalue weighted by Gasteiger charge is -2.26. The van der Waals surface area contributed by atoms with Crippen LogP contribution >= 0.6 is 0 Å². The van der Waals surface area contributed by atoms with Crippen molar-refractivity contribution in [3.63, 3.8) is 0 Å². The van der Waals surface area contributed by atoms with Crippen LogP contribution in [0.3, 0.4) is 0 Å². The molecule has 29 heavy (non-hydrogen) atoms. The average Bonchev–Trinajstić information content (AvgIpc) is 2.71. The van der Waals surface area contributed by atoms with Crippen molar-refractivity contribution in [3.05, 3.63) is 70.8 Å². The lowest BCUT2D eigenvalue weighted by atomic mass is 9.98. The van der Waals surface area contributed by atoms with E-state index < -0.39 is 30.9 Å². The molecule has 0 fully saturated rings. The van der Waals surface area contributed by atoms with Crippen LogP contribution in [-0.4, -0.2) is 53.7 Å². The zero-order valence-electron chi connectivity index (χ0n) is 16.4. The third-order valence-electron chi connectivity index (χ3n) is 4.87. The first-order chi connectivity index (χ1) is 13.9. The summed E-state index contributed by atoms with van der Waals surface area (Å²) < 4.78 is 5.00. The molecule has 3 rings (SSSR count). The number of amides is 3. The van der Waals surface area contributed by atoms with Crippen LogP contribution in [0.25, 0.3) is 0 Å². The fraction of sp³-hybridized carbons (Fsp3) is 0.273. The fourth-order valence-corrected chi connectivity index (χ4v) is 3.12. The molecule has 2 aromatic carbocycles. The first-order valence-electron chi connectivity index (χ1n) is 9.23. The second-order valence-electron chi connectivity index (χ2n) is 6.96. The van der Waals surface area contributed by atoms with Gasteiger partial charge in [-0.15, -0.1) is 0 Å². The highest BCUT2D eigenvalue weighted by Gasteiger charge is 2.32. The minimum atomic E-state index is -0.802. The van der Waals surface area contributed by atoms with E-state index in [1.807, 2.05) is 31.2 Å². The predicted octanol–water partition coefficient (Wildman–Crippen LogP) is 1.72. The van der Waals surface area contributed by atoms with Crippen LogP contribution in [0.1, 0.15) is 27.0 Å². The van der Waals surface area contributed by atoms with Crippen LogP contribution in [0.4, 0.5) is 0 Å². The van der Waals surface area contributed by atoms with Gasteiger partial charge in [-0.05, 0) is 29.7 Å². The summed E-state index contributed by atoms with van der Waals surface area (Å²) in [5.41, 5.74) is 3.10. The molecule has 0 aliphatic carbocycles. The maximum Gasteiger partial charge on any atom is 0.326 e. The summed E-state index contributed by atoms with van der Waals surface area (Å²) >= 11 is 0. The summed E-state index contributed by atoms with van der Waals surface area (Å²) in [6, 6.07) is 14.5. The van der Waals surface area contributed by atoms with Gasteiger partial charge in [-0.25, -0.2) is 0 Å². The first-order valence-corrected chi connectivity index (χ1v) is 9.23. The molecule has 1 aliphatic rings. The summed E-state index contributed by atoms with van der Waals surface area (Å²) in [4.78, 5) is 51.4. The Bertz CT molecular complexity index is 969. The lowest BCUT2D eigenvalue weighted by Crippen LogP contribution is -2.45. The Labute approximate surface area is 168 Å². The Morgan fingerprint density at radius 3 is 2.52 bits per heavy atom. The van der Waals surface area contributed by atoms with Crippen LogP contribution in [0, 0.1) is 6.92 Å². The van der Waals surface area contributed by atoms with E-state index in [0.717, 1.165) is 16.0 Å². The molecule has 150 valence electrons. The van der Waals surface area contributed by atoms with E-state index in [1.54, 1.807) is 31.3 Å². The van der Waals surface area contributed by atoms with Crippen LogP contribution in [0.15, 0.2) is 48.5 Å². The van der Waals surface area contributed by atoms with Crippen LogP contribution in [0.5, 0.6) is 0 Å². The minimum absolute atomic E-state index is 0.0489. The maximum absolute atomic E-state index is 12.5. The molecule has 2 aromatic rings. The molecule has 0 spiro atoms. The Kier molecular flexibility index (Phi) is 6.07. The van der Waals surface area contributed by atoms with Gasteiger partial charge < -0.3 is 9.64 Å². The first kappa shape index (κ1) is 20.3. The van der Waals surface area contributed by atoms with Gasteiger partial charge in [0, 0.05) is 19.2 Å². The number of hydrogen-bond acceptors (Lipinski definition) is 5. The smallest absolute Gasteiger partial charge is 0.326 e. The third kappa shape index (κ3) is 4.68. The number of benzene rings is 2. The molecule has 7 heteroatoms. The van der Waals surface area contributed by atoms with E-state index >= 15 is 0 Å². The van der Waals surface area contributed by atoms with Gasteiger partial charge in [-0.3, -0.25) is 24.1 Å². The number of rotatable bonds is 6. The highest BCUT2D eigenvalue weighted by Crippen LogP contribution is 2.19. The topological polar surface area (TPSA) is 84.0 Å². The number of hydrogen-bond donors (Lipinski definition) is 0.